The van der Waals surface area contributed by atoms with Crippen LogP contribution in [0.2, 0.25) is 0 Å². The number of aryl methyl sites for hydroxylation is 1. The van der Waals surface area contributed by atoms with E-state index in [1.54, 1.807) is 6.20 Å². The Kier molecular flexibility index (Phi) is 4.53. The Labute approximate surface area is 115 Å². The van der Waals surface area contributed by atoms with Gasteiger partial charge in [0, 0.05) is 31.0 Å². The van der Waals surface area contributed by atoms with E-state index in [4.69, 9.17) is 5.73 Å². The highest BCUT2D eigenvalue weighted by molar-refractivity contribution is 5.78. The molecule has 1 aromatic heterocycles. The van der Waals surface area contributed by atoms with Gasteiger partial charge in [-0.25, -0.2) is 0 Å². The molecule has 0 saturated carbocycles. The first-order valence-electron chi connectivity index (χ1n) is 7.01. The van der Waals surface area contributed by atoms with Crippen molar-refractivity contribution in [1.29, 1.82) is 0 Å². The molecule has 1 amide bonds. The van der Waals surface area contributed by atoms with Gasteiger partial charge in [-0.1, -0.05) is 6.07 Å². The number of piperidine rings is 1. The average Bonchev–Trinajstić information content (AvgIpc) is 2.41. The molecule has 0 unspecified atom stereocenters. The second-order valence-electron chi connectivity index (χ2n) is 5.59. The highest BCUT2D eigenvalue weighted by atomic mass is 16.2. The lowest BCUT2D eigenvalue weighted by Crippen LogP contribution is -2.45. The second kappa shape index (κ2) is 6.15. The highest BCUT2D eigenvalue weighted by Crippen LogP contribution is 2.19. The van der Waals surface area contributed by atoms with E-state index in [0.29, 0.717) is 12.3 Å². The van der Waals surface area contributed by atoms with Gasteiger partial charge < -0.3 is 10.6 Å². The molecule has 0 bridgehead atoms. The van der Waals surface area contributed by atoms with E-state index in [9.17, 15) is 4.79 Å². The lowest BCUT2D eigenvalue weighted by atomic mass is 9.92. The minimum atomic E-state index is 0.164. The van der Waals surface area contributed by atoms with Crippen molar-refractivity contribution in [2.75, 3.05) is 13.1 Å². The number of amides is 1. The fourth-order valence-corrected chi connectivity index (χ4v) is 2.56. The number of hydrogen-bond acceptors (Lipinski definition) is 3. The number of carbonyl (C=O) groups excluding carboxylic acids is 1. The van der Waals surface area contributed by atoms with Gasteiger partial charge in [-0.15, -0.1) is 0 Å². The molecule has 2 heterocycles. The van der Waals surface area contributed by atoms with Crippen LogP contribution < -0.4 is 5.73 Å². The number of nitrogens with zero attached hydrogens (tertiary/aromatic N) is 2. The molecule has 104 valence electrons. The van der Waals surface area contributed by atoms with Crippen molar-refractivity contribution in [3.8, 4) is 0 Å². The molecule has 1 aliphatic rings. The van der Waals surface area contributed by atoms with Crippen molar-refractivity contribution in [3.63, 3.8) is 0 Å². The van der Waals surface area contributed by atoms with Gasteiger partial charge in [-0.2, -0.15) is 0 Å². The molecule has 1 saturated heterocycles. The summed E-state index contributed by atoms with van der Waals surface area (Å²) in [5.74, 6) is 0.629. The highest BCUT2D eigenvalue weighted by Gasteiger charge is 2.25. The van der Waals surface area contributed by atoms with Crippen molar-refractivity contribution in [2.24, 2.45) is 11.7 Å². The average molecular weight is 261 g/mol. The van der Waals surface area contributed by atoms with Gasteiger partial charge in [-0.05, 0) is 44.2 Å². The molecular formula is C15H23N3O. The van der Waals surface area contributed by atoms with Gasteiger partial charge in [-0.3, -0.25) is 9.78 Å². The van der Waals surface area contributed by atoms with Gasteiger partial charge in [0.05, 0.1) is 6.42 Å². The molecule has 1 fully saturated rings. The van der Waals surface area contributed by atoms with E-state index >= 15 is 0 Å². The van der Waals surface area contributed by atoms with E-state index in [2.05, 4.69) is 4.98 Å². The van der Waals surface area contributed by atoms with Crippen molar-refractivity contribution < 1.29 is 4.79 Å². The van der Waals surface area contributed by atoms with Crippen molar-refractivity contribution in [3.05, 3.63) is 29.6 Å². The minimum Gasteiger partial charge on any atom is -0.342 e. The molecule has 1 aliphatic heterocycles. The molecule has 2 atom stereocenters. The number of hydrogen-bond donors (Lipinski definition) is 1. The first-order valence-corrected chi connectivity index (χ1v) is 7.01. The summed E-state index contributed by atoms with van der Waals surface area (Å²) in [7, 11) is 0. The first-order chi connectivity index (χ1) is 9.06. The van der Waals surface area contributed by atoms with Crippen LogP contribution >= 0.6 is 0 Å². The molecule has 1 aromatic rings. The molecule has 19 heavy (non-hydrogen) atoms. The summed E-state index contributed by atoms with van der Waals surface area (Å²) in [6, 6.07) is 4.09. The Balaban J connectivity index is 1.94. The van der Waals surface area contributed by atoms with Crippen LogP contribution in [-0.2, 0) is 11.2 Å². The number of likely N-dealkylation sites (tertiary alicyclic amines) is 1. The largest absolute Gasteiger partial charge is 0.342 e. The lowest BCUT2D eigenvalue weighted by molar-refractivity contribution is -0.132. The van der Waals surface area contributed by atoms with Gasteiger partial charge >= 0.3 is 0 Å². The fraction of sp³-hybridized carbons (Fsp3) is 0.600. The van der Waals surface area contributed by atoms with Gasteiger partial charge in [0.1, 0.15) is 0 Å². The summed E-state index contributed by atoms with van der Waals surface area (Å²) < 4.78 is 0. The summed E-state index contributed by atoms with van der Waals surface area (Å²) in [4.78, 5) is 18.5. The standard InChI is InChI=1S/C15H23N3O/c1-11-5-6-13(9-17-11)8-15(19)18-7-3-4-14(10-18)12(2)16/h5-6,9,12,14H,3-4,7-8,10,16H2,1-2H3/t12-,14+/m0/s1. The van der Waals surface area contributed by atoms with Crippen LogP contribution in [0.3, 0.4) is 0 Å². The zero-order valence-corrected chi connectivity index (χ0v) is 11.8. The summed E-state index contributed by atoms with van der Waals surface area (Å²) in [5.41, 5.74) is 7.91. The summed E-state index contributed by atoms with van der Waals surface area (Å²) in [5, 5.41) is 0. The smallest absolute Gasteiger partial charge is 0.227 e. The zero-order chi connectivity index (χ0) is 13.8. The minimum absolute atomic E-state index is 0.164. The topological polar surface area (TPSA) is 59.2 Å². The van der Waals surface area contributed by atoms with Crippen LogP contribution in [0.4, 0.5) is 0 Å². The van der Waals surface area contributed by atoms with Crippen LogP contribution in [0.15, 0.2) is 18.3 Å². The second-order valence-corrected chi connectivity index (χ2v) is 5.59. The quantitative estimate of drug-likeness (QED) is 0.897. The zero-order valence-electron chi connectivity index (χ0n) is 11.8. The van der Waals surface area contributed by atoms with Crippen LogP contribution in [0.25, 0.3) is 0 Å². The van der Waals surface area contributed by atoms with E-state index in [-0.39, 0.29) is 11.9 Å². The summed E-state index contributed by atoms with van der Waals surface area (Å²) >= 11 is 0. The number of carbonyl (C=O) groups is 1. The number of aromatic nitrogens is 1. The van der Waals surface area contributed by atoms with Crippen LogP contribution in [0, 0.1) is 12.8 Å². The van der Waals surface area contributed by atoms with E-state index < -0.39 is 0 Å². The maximum absolute atomic E-state index is 12.3. The Morgan fingerprint density at radius 3 is 3.00 bits per heavy atom. The lowest BCUT2D eigenvalue weighted by Gasteiger charge is -2.34. The Bertz CT molecular complexity index is 428. The molecule has 0 radical (unpaired) electrons. The predicted molar refractivity (Wildman–Crippen MR) is 75.6 cm³/mol. The normalized spacial score (nSPS) is 21.2. The maximum Gasteiger partial charge on any atom is 0.227 e. The van der Waals surface area contributed by atoms with E-state index in [1.807, 2.05) is 30.9 Å². The number of pyridine rings is 1. The van der Waals surface area contributed by atoms with Crippen molar-refractivity contribution in [1.82, 2.24) is 9.88 Å². The van der Waals surface area contributed by atoms with Gasteiger partial charge in [0.2, 0.25) is 5.91 Å². The first kappa shape index (κ1) is 14.0. The van der Waals surface area contributed by atoms with Crippen molar-refractivity contribution in [2.45, 2.75) is 39.2 Å². The van der Waals surface area contributed by atoms with Gasteiger partial charge in [0.25, 0.3) is 0 Å². The van der Waals surface area contributed by atoms with Crippen molar-refractivity contribution >= 4 is 5.91 Å². The third kappa shape index (κ3) is 3.77. The molecule has 0 aliphatic carbocycles. The molecule has 4 heteroatoms. The fourth-order valence-electron chi connectivity index (χ4n) is 2.56. The Hall–Kier alpha value is -1.42. The predicted octanol–water partition coefficient (Wildman–Crippen LogP) is 1.52. The van der Waals surface area contributed by atoms with E-state index in [0.717, 1.165) is 37.2 Å². The van der Waals surface area contributed by atoms with Crippen LogP contribution in [0.1, 0.15) is 31.0 Å². The molecule has 0 aromatic carbocycles. The van der Waals surface area contributed by atoms with Gasteiger partial charge in [0.15, 0.2) is 0 Å². The third-order valence-electron chi connectivity index (χ3n) is 3.88. The monoisotopic (exact) mass is 261 g/mol. The molecule has 2 rings (SSSR count). The molecular weight excluding hydrogens is 238 g/mol. The molecule has 0 spiro atoms. The number of rotatable bonds is 3. The number of nitrogens with two attached hydrogens (primary N) is 1. The summed E-state index contributed by atoms with van der Waals surface area (Å²) in [6.07, 6.45) is 4.43. The Morgan fingerprint density at radius 2 is 2.37 bits per heavy atom. The molecule has 4 nitrogen and oxygen atoms in total. The summed E-state index contributed by atoms with van der Waals surface area (Å²) in [6.45, 7) is 5.64. The maximum atomic E-state index is 12.3. The van der Waals surface area contributed by atoms with E-state index in [1.165, 1.54) is 0 Å². The SMILES string of the molecule is Cc1ccc(CC(=O)N2CCC[C@@H]([C@H](C)N)C2)cn1. The Morgan fingerprint density at radius 1 is 1.58 bits per heavy atom. The van der Waals surface area contributed by atoms with Crippen LogP contribution in [-0.4, -0.2) is 34.9 Å². The van der Waals surface area contributed by atoms with Crippen LogP contribution in [0.5, 0.6) is 0 Å². The molecule has 2 N–H and O–H groups in total. The third-order valence-corrected chi connectivity index (χ3v) is 3.88.